The Balaban J connectivity index is 1.86. The lowest BCUT2D eigenvalue weighted by atomic mass is 9.85. The highest BCUT2D eigenvalue weighted by molar-refractivity contribution is 5.98. The molecular formula is C19H20O2. The SMILES string of the molecule is Cc1cccc(CC(=O)c2ccc3c(c2)C(C)(C)CO3)c1. The minimum Gasteiger partial charge on any atom is -0.492 e. The quantitative estimate of drug-likeness (QED) is 0.792. The number of Topliss-reactive ketones (excluding diaryl/α,β-unsaturated/α-hetero) is 1. The number of ether oxygens (including phenoxy) is 1. The Kier molecular flexibility index (Phi) is 3.32. The van der Waals surface area contributed by atoms with Crippen LogP contribution in [0.5, 0.6) is 5.75 Å². The van der Waals surface area contributed by atoms with Gasteiger partial charge in [-0.2, -0.15) is 0 Å². The minimum atomic E-state index is -0.0189. The van der Waals surface area contributed by atoms with E-state index in [-0.39, 0.29) is 11.2 Å². The molecule has 0 amide bonds. The van der Waals surface area contributed by atoms with Crippen LogP contribution in [0.25, 0.3) is 0 Å². The second-order valence-corrected chi connectivity index (χ2v) is 6.47. The topological polar surface area (TPSA) is 26.3 Å². The molecule has 0 aliphatic carbocycles. The molecular weight excluding hydrogens is 260 g/mol. The van der Waals surface area contributed by atoms with Crippen molar-refractivity contribution in [3.8, 4) is 5.75 Å². The molecule has 3 rings (SSSR count). The molecule has 0 saturated carbocycles. The van der Waals surface area contributed by atoms with Crippen molar-refractivity contribution in [3.05, 3.63) is 64.7 Å². The third-order valence-electron chi connectivity index (χ3n) is 4.07. The van der Waals surface area contributed by atoms with Gasteiger partial charge in [0.2, 0.25) is 0 Å². The Hall–Kier alpha value is -2.09. The molecule has 2 aromatic rings. The molecule has 2 heteroatoms. The summed E-state index contributed by atoms with van der Waals surface area (Å²) in [6.07, 6.45) is 0.446. The van der Waals surface area contributed by atoms with Crippen molar-refractivity contribution in [2.75, 3.05) is 6.61 Å². The van der Waals surface area contributed by atoms with Gasteiger partial charge in [-0.3, -0.25) is 4.79 Å². The first-order valence-corrected chi connectivity index (χ1v) is 7.32. The fraction of sp³-hybridized carbons (Fsp3) is 0.316. The molecule has 0 fully saturated rings. The zero-order valence-electron chi connectivity index (χ0n) is 12.8. The van der Waals surface area contributed by atoms with Crippen LogP contribution in [-0.4, -0.2) is 12.4 Å². The summed E-state index contributed by atoms with van der Waals surface area (Å²) in [4.78, 5) is 12.5. The second-order valence-electron chi connectivity index (χ2n) is 6.47. The highest BCUT2D eigenvalue weighted by atomic mass is 16.5. The van der Waals surface area contributed by atoms with Crippen molar-refractivity contribution in [2.24, 2.45) is 0 Å². The van der Waals surface area contributed by atoms with Gasteiger partial charge in [-0.15, -0.1) is 0 Å². The molecule has 1 aliphatic heterocycles. The molecule has 2 aromatic carbocycles. The van der Waals surface area contributed by atoms with Gasteiger partial charge in [-0.1, -0.05) is 43.7 Å². The molecule has 0 N–H and O–H groups in total. The maximum Gasteiger partial charge on any atom is 0.167 e. The van der Waals surface area contributed by atoms with Crippen LogP contribution in [-0.2, 0) is 11.8 Å². The number of fused-ring (bicyclic) bond motifs is 1. The summed E-state index contributed by atoms with van der Waals surface area (Å²) in [7, 11) is 0. The van der Waals surface area contributed by atoms with Crippen LogP contribution >= 0.6 is 0 Å². The van der Waals surface area contributed by atoms with Crippen LogP contribution < -0.4 is 4.74 Å². The predicted octanol–water partition coefficient (Wildman–Crippen LogP) is 4.09. The van der Waals surface area contributed by atoms with E-state index in [1.807, 2.05) is 43.3 Å². The minimum absolute atomic E-state index is 0.0189. The Labute approximate surface area is 125 Å². The van der Waals surface area contributed by atoms with E-state index in [4.69, 9.17) is 4.74 Å². The van der Waals surface area contributed by atoms with Gasteiger partial charge in [-0.25, -0.2) is 0 Å². The van der Waals surface area contributed by atoms with Crippen LogP contribution in [0.4, 0.5) is 0 Å². The molecule has 2 nitrogen and oxygen atoms in total. The monoisotopic (exact) mass is 280 g/mol. The summed E-state index contributed by atoms with van der Waals surface area (Å²) in [5, 5.41) is 0. The van der Waals surface area contributed by atoms with Crippen molar-refractivity contribution < 1.29 is 9.53 Å². The lowest BCUT2D eigenvalue weighted by molar-refractivity contribution is 0.0993. The number of rotatable bonds is 3. The zero-order chi connectivity index (χ0) is 15.0. The molecule has 108 valence electrons. The van der Waals surface area contributed by atoms with Gasteiger partial charge >= 0.3 is 0 Å². The Bertz CT molecular complexity index is 698. The van der Waals surface area contributed by atoms with Gasteiger partial charge in [0.05, 0.1) is 6.61 Å². The molecule has 0 aromatic heterocycles. The van der Waals surface area contributed by atoms with Gasteiger partial charge in [0.15, 0.2) is 5.78 Å². The second kappa shape index (κ2) is 5.03. The lowest BCUT2D eigenvalue weighted by Crippen LogP contribution is -2.18. The zero-order valence-corrected chi connectivity index (χ0v) is 12.8. The normalized spacial score (nSPS) is 15.4. The van der Waals surface area contributed by atoms with Crippen molar-refractivity contribution in [2.45, 2.75) is 32.6 Å². The van der Waals surface area contributed by atoms with E-state index in [0.717, 1.165) is 22.4 Å². The molecule has 0 bridgehead atoms. The van der Waals surface area contributed by atoms with Crippen molar-refractivity contribution >= 4 is 5.78 Å². The largest absolute Gasteiger partial charge is 0.492 e. The standard InChI is InChI=1S/C19H20O2/c1-13-5-4-6-14(9-13)10-17(20)15-7-8-18-16(11-15)19(2,3)12-21-18/h4-9,11H,10,12H2,1-3H3. The first-order valence-electron chi connectivity index (χ1n) is 7.32. The fourth-order valence-electron chi connectivity index (χ4n) is 2.80. The summed E-state index contributed by atoms with van der Waals surface area (Å²) >= 11 is 0. The van der Waals surface area contributed by atoms with E-state index in [1.165, 1.54) is 5.56 Å². The third kappa shape index (κ3) is 2.71. The van der Waals surface area contributed by atoms with Gasteiger partial charge in [0.25, 0.3) is 0 Å². The van der Waals surface area contributed by atoms with Crippen LogP contribution in [0.2, 0.25) is 0 Å². The van der Waals surface area contributed by atoms with Crippen LogP contribution in [0.15, 0.2) is 42.5 Å². The van der Waals surface area contributed by atoms with Crippen LogP contribution in [0.1, 0.15) is 40.9 Å². The van der Waals surface area contributed by atoms with Gasteiger partial charge in [-0.05, 0) is 30.7 Å². The Morgan fingerprint density at radius 3 is 2.76 bits per heavy atom. The van der Waals surface area contributed by atoms with E-state index >= 15 is 0 Å². The maximum atomic E-state index is 12.5. The summed E-state index contributed by atoms with van der Waals surface area (Å²) in [6.45, 7) is 7.02. The van der Waals surface area contributed by atoms with E-state index < -0.39 is 0 Å². The number of hydrogen-bond acceptors (Lipinski definition) is 2. The van der Waals surface area contributed by atoms with Crippen molar-refractivity contribution in [3.63, 3.8) is 0 Å². The molecule has 0 saturated heterocycles. The van der Waals surface area contributed by atoms with Gasteiger partial charge in [0, 0.05) is 23.0 Å². The number of benzene rings is 2. The molecule has 0 radical (unpaired) electrons. The number of carbonyl (C=O) groups excluding carboxylic acids is 1. The number of aryl methyl sites for hydroxylation is 1. The smallest absolute Gasteiger partial charge is 0.167 e. The highest BCUT2D eigenvalue weighted by Gasteiger charge is 2.32. The van der Waals surface area contributed by atoms with Crippen molar-refractivity contribution in [1.82, 2.24) is 0 Å². The van der Waals surface area contributed by atoms with Gasteiger partial charge in [0.1, 0.15) is 5.75 Å². The van der Waals surface area contributed by atoms with Crippen LogP contribution in [0, 0.1) is 6.92 Å². The first-order chi connectivity index (χ1) is 9.95. The maximum absolute atomic E-state index is 12.5. The van der Waals surface area contributed by atoms with Crippen LogP contribution in [0.3, 0.4) is 0 Å². The van der Waals surface area contributed by atoms with E-state index in [2.05, 4.69) is 19.9 Å². The first kappa shape index (κ1) is 13.9. The number of ketones is 1. The Morgan fingerprint density at radius 1 is 1.19 bits per heavy atom. The third-order valence-corrected chi connectivity index (χ3v) is 4.07. The number of carbonyl (C=O) groups is 1. The van der Waals surface area contributed by atoms with Crippen molar-refractivity contribution in [1.29, 1.82) is 0 Å². The van der Waals surface area contributed by atoms with E-state index in [9.17, 15) is 4.79 Å². The van der Waals surface area contributed by atoms with Gasteiger partial charge < -0.3 is 4.74 Å². The molecule has 0 spiro atoms. The average Bonchev–Trinajstić information content (AvgIpc) is 2.74. The fourth-order valence-corrected chi connectivity index (χ4v) is 2.80. The molecule has 1 aliphatic rings. The van der Waals surface area contributed by atoms with E-state index in [1.54, 1.807) is 0 Å². The summed E-state index contributed by atoms with van der Waals surface area (Å²) < 4.78 is 5.67. The summed E-state index contributed by atoms with van der Waals surface area (Å²) in [6, 6.07) is 13.9. The summed E-state index contributed by atoms with van der Waals surface area (Å²) in [5.74, 6) is 1.07. The molecule has 0 unspecified atom stereocenters. The number of hydrogen-bond donors (Lipinski definition) is 0. The molecule has 1 heterocycles. The average molecular weight is 280 g/mol. The highest BCUT2D eigenvalue weighted by Crippen LogP contribution is 2.38. The predicted molar refractivity (Wildman–Crippen MR) is 84.2 cm³/mol. The molecule has 21 heavy (non-hydrogen) atoms. The van der Waals surface area contributed by atoms with E-state index in [0.29, 0.717) is 13.0 Å². The lowest BCUT2D eigenvalue weighted by Gasteiger charge is -2.15. The Morgan fingerprint density at radius 2 is 2.00 bits per heavy atom. The summed E-state index contributed by atoms with van der Waals surface area (Å²) in [5.41, 5.74) is 4.14. The molecule has 0 atom stereocenters.